The van der Waals surface area contributed by atoms with Crippen molar-refractivity contribution in [2.24, 2.45) is 0 Å². The number of amides is 1. The zero-order chi connectivity index (χ0) is 17.1. The molecule has 2 N–H and O–H groups in total. The third-order valence-electron chi connectivity index (χ3n) is 4.17. The Labute approximate surface area is 161 Å². The van der Waals surface area contributed by atoms with Crippen LogP contribution in [0.25, 0.3) is 10.7 Å². The fourth-order valence-electron chi connectivity index (χ4n) is 2.83. The number of thiophene rings is 1. The van der Waals surface area contributed by atoms with Crippen molar-refractivity contribution in [1.82, 2.24) is 20.8 Å². The Morgan fingerprint density at radius 1 is 1.27 bits per heavy atom. The number of benzene rings is 1. The molecule has 4 rings (SSSR count). The second kappa shape index (κ2) is 8.44. The van der Waals surface area contributed by atoms with E-state index in [1.54, 1.807) is 11.3 Å². The van der Waals surface area contributed by atoms with Crippen molar-refractivity contribution in [2.75, 3.05) is 0 Å². The van der Waals surface area contributed by atoms with Gasteiger partial charge in [0.15, 0.2) is 0 Å². The lowest BCUT2D eigenvalue weighted by Gasteiger charge is -2.06. The summed E-state index contributed by atoms with van der Waals surface area (Å²) in [4.78, 5) is 17.3. The van der Waals surface area contributed by atoms with Crippen LogP contribution < -0.4 is 10.6 Å². The largest absolute Gasteiger partial charge is 0.352 e. The molecule has 1 amide bonds. The van der Waals surface area contributed by atoms with Crippen LogP contribution in [0.3, 0.4) is 0 Å². The molecule has 6 nitrogen and oxygen atoms in total. The third kappa shape index (κ3) is 4.30. The van der Waals surface area contributed by atoms with E-state index in [-0.39, 0.29) is 18.3 Å². The number of rotatable bonds is 6. The highest BCUT2D eigenvalue weighted by atomic mass is 35.5. The van der Waals surface area contributed by atoms with Gasteiger partial charge in [-0.05, 0) is 28.1 Å². The first-order valence-corrected chi connectivity index (χ1v) is 9.10. The smallest absolute Gasteiger partial charge is 0.227 e. The fraction of sp³-hybridized carbons (Fsp3) is 0.278. The summed E-state index contributed by atoms with van der Waals surface area (Å²) in [5.74, 6) is 1.05. The van der Waals surface area contributed by atoms with E-state index in [9.17, 15) is 4.79 Å². The Kier molecular flexibility index (Phi) is 6.03. The zero-order valence-corrected chi connectivity index (χ0v) is 15.7. The van der Waals surface area contributed by atoms with Crippen molar-refractivity contribution in [1.29, 1.82) is 0 Å². The van der Waals surface area contributed by atoms with Crippen LogP contribution in [0.2, 0.25) is 0 Å². The molecular formula is C18H19ClN4O2S. The first-order valence-electron chi connectivity index (χ1n) is 8.22. The second-order valence-corrected chi connectivity index (χ2v) is 6.92. The molecule has 2 aromatic heterocycles. The van der Waals surface area contributed by atoms with Gasteiger partial charge in [0.1, 0.15) is 0 Å². The molecule has 1 aliphatic heterocycles. The summed E-state index contributed by atoms with van der Waals surface area (Å²) in [6.45, 7) is 2.37. The molecule has 0 radical (unpaired) electrons. The number of hydrogen-bond acceptors (Lipinski definition) is 6. The molecule has 136 valence electrons. The van der Waals surface area contributed by atoms with Crippen LogP contribution in [-0.4, -0.2) is 16.0 Å². The van der Waals surface area contributed by atoms with Gasteiger partial charge < -0.3 is 15.2 Å². The number of aryl methyl sites for hydroxylation is 1. The van der Waals surface area contributed by atoms with Crippen LogP contribution in [-0.2, 0) is 30.8 Å². The molecule has 0 saturated carbocycles. The Hall–Kier alpha value is -2.22. The van der Waals surface area contributed by atoms with E-state index in [4.69, 9.17) is 4.52 Å². The van der Waals surface area contributed by atoms with E-state index in [2.05, 4.69) is 39.0 Å². The highest BCUT2D eigenvalue weighted by Crippen LogP contribution is 2.21. The van der Waals surface area contributed by atoms with Crippen LogP contribution in [0, 0.1) is 0 Å². The molecule has 3 aromatic rings. The topological polar surface area (TPSA) is 80.0 Å². The number of carbonyl (C=O) groups excluding carboxylic acids is 1. The molecule has 0 fully saturated rings. The van der Waals surface area contributed by atoms with E-state index in [0.29, 0.717) is 31.1 Å². The van der Waals surface area contributed by atoms with Crippen LogP contribution >= 0.6 is 23.7 Å². The van der Waals surface area contributed by atoms with Gasteiger partial charge in [0.2, 0.25) is 17.6 Å². The highest BCUT2D eigenvalue weighted by molar-refractivity contribution is 7.13. The molecule has 3 heterocycles. The normalized spacial score (nSPS) is 12.5. The predicted octanol–water partition coefficient (Wildman–Crippen LogP) is 3.07. The SMILES string of the molecule is Cl.O=C(CCc1nc(-c2cccs2)no1)NCc1ccc2c(c1)CNC2. The van der Waals surface area contributed by atoms with E-state index in [1.165, 1.54) is 11.1 Å². The lowest BCUT2D eigenvalue weighted by Crippen LogP contribution is -2.23. The summed E-state index contributed by atoms with van der Waals surface area (Å²) in [7, 11) is 0. The molecular weight excluding hydrogens is 372 g/mol. The average molecular weight is 391 g/mol. The number of aromatic nitrogens is 2. The number of hydrogen-bond donors (Lipinski definition) is 2. The van der Waals surface area contributed by atoms with Crippen LogP contribution in [0.4, 0.5) is 0 Å². The Morgan fingerprint density at radius 3 is 3.00 bits per heavy atom. The zero-order valence-electron chi connectivity index (χ0n) is 14.0. The minimum Gasteiger partial charge on any atom is -0.352 e. The molecule has 1 aliphatic rings. The Bertz CT molecular complexity index is 879. The van der Waals surface area contributed by atoms with E-state index in [0.717, 1.165) is 23.5 Å². The van der Waals surface area contributed by atoms with E-state index in [1.807, 2.05) is 17.5 Å². The van der Waals surface area contributed by atoms with E-state index < -0.39 is 0 Å². The fourth-order valence-corrected chi connectivity index (χ4v) is 3.48. The number of nitrogens with one attached hydrogen (secondary N) is 2. The van der Waals surface area contributed by atoms with E-state index >= 15 is 0 Å². The summed E-state index contributed by atoms with van der Waals surface area (Å²) >= 11 is 1.56. The van der Waals surface area contributed by atoms with Crippen molar-refractivity contribution in [3.63, 3.8) is 0 Å². The average Bonchev–Trinajstić information content (AvgIpc) is 3.38. The van der Waals surface area contributed by atoms with Gasteiger partial charge in [0.05, 0.1) is 4.88 Å². The lowest BCUT2D eigenvalue weighted by atomic mass is 10.1. The quantitative estimate of drug-likeness (QED) is 0.676. The van der Waals surface area contributed by atoms with Crippen LogP contribution in [0.15, 0.2) is 40.2 Å². The molecule has 1 aromatic carbocycles. The van der Waals surface area contributed by atoms with Crippen molar-refractivity contribution in [3.05, 3.63) is 58.3 Å². The minimum atomic E-state index is -0.0190. The molecule has 0 aliphatic carbocycles. The standard InChI is InChI=1S/C18H18N4O2S.ClH/c23-16(20-9-12-3-4-13-10-19-11-14(13)8-12)5-6-17-21-18(22-24-17)15-2-1-7-25-15;/h1-4,7-8,19H,5-6,9-11H2,(H,20,23);1H. The van der Waals surface area contributed by atoms with Gasteiger partial charge in [-0.2, -0.15) is 4.98 Å². The molecule has 0 atom stereocenters. The van der Waals surface area contributed by atoms with Crippen molar-refractivity contribution >= 4 is 29.7 Å². The molecule has 8 heteroatoms. The maximum Gasteiger partial charge on any atom is 0.227 e. The Balaban J connectivity index is 0.00000196. The second-order valence-electron chi connectivity index (χ2n) is 5.97. The lowest BCUT2D eigenvalue weighted by molar-refractivity contribution is -0.121. The van der Waals surface area contributed by atoms with Crippen LogP contribution in [0.5, 0.6) is 0 Å². The molecule has 0 unspecified atom stereocenters. The maximum atomic E-state index is 12.0. The van der Waals surface area contributed by atoms with Gasteiger partial charge in [-0.15, -0.1) is 23.7 Å². The maximum absolute atomic E-state index is 12.0. The van der Waals surface area contributed by atoms with Gasteiger partial charge in [0.25, 0.3) is 0 Å². The number of fused-ring (bicyclic) bond motifs is 1. The van der Waals surface area contributed by atoms with Crippen molar-refractivity contribution in [2.45, 2.75) is 32.5 Å². The van der Waals surface area contributed by atoms with Crippen molar-refractivity contribution in [3.8, 4) is 10.7 Å². The molecule has 0 saturated heterocycles. The summed E-state index contributed by atoms with van der Waals surface area (Å²) in [6, 6.07) is 10.2. The van der Waals surface area contributed by atoms with Gasteiger partial charge in [-0.25, -0.2) is 0 Å². The first kappa shape index (κ1) is 18.6. The molecule has 0 bridgehead atoms. The molecule has 26 heavy (non-hydrogen) atoms. The first-order chi connectivity index (χ1) is 12.3. The van der Waals surface area contributed by atoms with Gasteiger partial charge in [-0.3, -0.25) is 4.79 Å². The van der Waals surface area contributed by atoms with Crippen LogP contribution in [0.1, 0.15) is 29.0 Å². The summed E-state index contributed by atoms with van der Waals surface area (Å²) in [5.41, 5.74) is 3.78. The third-order valence-corrected chi connectivity index (χ3v) is 5.03. The summed E-state index contributed by atoms with van der Waals surface area (Å²) in [5, 5.41) is 12.2. The number of nitrogens with zero attached hydrogens (tertiary/aromatic N) is 2. The van der Waals surface area contributed by atoms with Gasteiger partial charge >= 0.3 is 0 Å². The molecule has 0 spiro atoms. The van der Waals surface area contributed by atoms with Gasteiger partial charge in [-0.1, -0.05) is 29.4 Å². The minimum absolute atomic E-state index is 0. The monoisotopic (exact) mass is 390 g/mol. The van der Waals surface area contributed by atoms with Gasteiger partial charge in [0, 0.05) is 32.5 Å². The number of halogens is 1. The van der Waals surface area contributed by atoms with Crippen molar-refractivity contribution < 1.29 is 9.32 Å². The summed E-state index contributed by atoms with van der Waals surface area (Å²) in [6.07, 6.45) is 0.775. The predicted molar refractivity (Wildman–Crippen MR) is 102 cm³/mol. The number of carbonyl (C=O) groups is 1. The summed E-state index contributed by atoms with van der Waals surface area (Å²) < 4.78 is 5.21. The Morgan fingerprint density at radius 2 is 2.15 bits per heavy atom. The highest BCUT2D eigenvalue weighted by Gasteiger charge is 2.12.